The lowest BCUT2D eigenvalue weighted by atomic mass is 9.75. The lowest BCUT2D eigenvalue weighted by Gasteiger charge is -2.49. The van der Waals surface area contributed by atoms with Crippen LogP contribution in [0.25, 0.3) is 0 Å². The summed E-state index contributed by atoms with van der Waals surface area (Å²) < 4.78 is 5.21. The molecule has 0 aromatic rings. The van der Waals surface area contributed by atoms with E-state index in [2.05, 4.69) is 36.3 Å². The monoisotopic (exact) mass is 297 g/mol. The average Bonchev–Trinajstić information content (AvgIpc) is 3.16. The van der Waals surface area contributed by atoms with Gasteiger partial charge in [-0.25, -0.2) is 0 Å². The summed E-state index contributed by atoms with van der Waals surface area (Å²) in [6.45, 7) is 4.06. The van der Waals surface area contributed by atoms with Gasteiger partial charge in [0.15, 0.2) is 0 Å². The van der Waals surface area contributed by atoms with E-state index in [9.17, 15) is 4.79 Å². The summed E-state index contributed by atoms with van der Waals surface area (Å²) in [6.07, 6.45) is 6.19. The van der Waals surface area contributed by atoms with E-state index in [1.165, 1.54) is 32.1 Å². The molecule has 5 heteroatoms. The summed E-state index contributed by atoms with van der Waals surface area (Å²) in [5.41, 5.74) is 0.299. The second-order valence-corrected chi connectivity index (χ2v) is 6.91. The molecule has 0 spiro atoms. The third-order valence-corrected chi connectivity index (χ3v) is 4.88. The van der Waals surface area contributed by atoms with Crippen LogP contribution in [0, 0.1) is 0 Å². The van der Waals surface area contributed by atoms with E-state index < -0.39 is 0 Å². The van der Waals surface area contributed by atoms with Gasteiger partial charge in [-0.1, -0.05) is 0 Å². The molecule has 0 aliphatic heterocycles. The highest BCUT2D eigenvalue weighted by Crippen LogP contribution is 2.36. The van der Waals surface area contributed by atoms with Gasteiger partial charge in [-0.3, -0.25) is 4.79 Å². The highest BCUT2D eigenvalue weighted by molar-refractivity contribution is 5.76. The van der Waals surface area contributed by atoms with Crippen LogP contribution in [-0.2, 0) is 9.53 Å². The van der Waals surface area contributed by atoms with Crippen molar-refractivity contribution in [3.05, 3.63) is 0 Å². The third kappa shape index (κ3) is 4.41. The van der Waals surface area contributed by atoms with Crippen LogP contribution in [0.5, 0.6) is 0 Å². The van der Waals surface area contributed by atoms with Crippen molar-refractivity contribution >= 4 is 5.97 Å². The lowest BCUT2D eigenvalue weighted by molar-refractivity contribution is -0.146. The van der Waals surface area contributed by atoms with Gasteiger partial charge in [-0.15, -0.1) is 0 Å². The van der Waals surface area contributed by atoms with Crippen molar-refractivity contribution in [1.82, 2.24) is 15.1 Å². The molecule has 1 N–H and O–H groups in total. The van der Waals surface area contributed by atoms with E-state index >= 15 is 0 Å². The van der Waals surface area contributed by atoms with Gasteiger partial charge in [-0.2, -0.15) is 0 Å². The van der Waals surface area contributed by atoms with Crippen LogP contribution >= 0.6 is 0 Å². The van der Waals surface area contributed by atoms with Crippen molar-refractivity contribution < 1.29 is 9.53 Å². The van der Waals surface area contributed by atoms with Crippen LogP contribution in [0.1, 0.15) is 39.0 Å². The molecule has 0 saturated heterocycles. The first-order chi connectivity index (χ1) is 9.97. The normalized spacial score (nSPS) is 22.2. The molecule has 1 unspecified atom stereocenters. The molecule has 2 rings (SSSR count). The van der Waals surface area contributed by atoms with Gasteiger partial charge >= 0.3 is 5.97 Å². The van der Waals surface area contributed by atoms with Gasteiger partial charge < -0.3 is 19.9 Å². The Hall–Kier alpha value is -0.650. The molecule has 21 heavy (non-hydrogen) atoms. The summed E-state index contributed by atoms with van der Waals surface area (Å²) in [5, 5.41) is 3.43. The molecule has 2 aliphatic rings. The first-order valence-electron chi connectivity index (χ1n) is 8.25. The average molecular weight is 297 g/mol. The second-order valence-electron chi connectivity index (χ2n) is 6.91. The summed E-state index contributed by atoms with van der Waals surface area (Å²) >= 11 is 0. The minimum atomic E-state index is -0.193. The molecule has 0 radical (unpaired) electrons. The first-order valence-corrected chi connectivity index (χ1v) is 8.25. The minimum Gasteiger partial charge on any atom is -0.465 e. The molecule has 2 aliphatic carbocycles. The maximum absolute atomic E-state index is 12.1. The summed E-state index contributed by atoms with van der Waals surface area (Å²) in [6, 6.07) is 0.320. The Morgan fingerprint density at radius 1 is 1.33 bits per heavy atom. The van der Waals surface area contributed by atoms with Gasteiger partial charge in [0.25, 0.3) is 0 Å². The van der Waals surface area contributed by atoms with Crippen molar-refractivity contribution in [2.45, 2.75) is 56.7 Å². The molecule has 0 aromatic carbocycles. The fourth-order valence-corrected chi connectivity index (χ4v) is 3.18. The maximum atomic E-state index is 12.1. The van der Waals surface area contributed by atoms with Crippen molar-refractivity contribution in [1.29, 1.82) is 0 Å². The van der Waals surface area contributed by atoms with Crippen LogP contribution in [0.15, 0.2) is 0 Å². The first kappa shape index (κ1) is 16.7. The van der Waals surface area contributed by atoms with Crippen LogP contribution in [0.4, 0.5) is 0 Å². The topological polar surface area (TPSA) is 44.8 Å². The number of hydrogen-bond donors (Lipinski definition) is 1. The number of carbonyl (C=O) groups excluding carboxylic acids is 1. The largest absolute Gasteiger partial charge is 0.465 e. The lowest BCUT2D eigenvalue weighted by Crippen LogP contribution is -2.58. The standard InChI is InChI=1S/C16H31N3O2/c1-5-21-15(20)14(17-13-7-8-13)11-19(4)12-16(18(2)3)9-6-10-16/h13-14,17H,5-12H2,1-4H3. The smallest absolute Gasteiger partial charge is 0.324 e. The van der Waals surface area contributed by atoms with Crippen molar-refractivity contribution in [3.63, 3.8) is 0 Å². The van der Waals surface area contributed by atoms with Crippen LogP contribution < -0.4 is 5.32 Å². The van der Waals surface area contributed by atoms with E-state index in [1.54, 1.807) is 0 Å². The molecule has 122 valence electrons. The zero-order valence-electron chi connectivity index (χ0n) is 14.0. The molecular formula is C16H31N3O2. The number of nitrogens with zero attached hydrogens (tertiary/aromatic N) is 2. The van der Waals surface area contributed by atoms with Crippen molar-refractivity contribution in [2.75, 3.05) is 40.8 Å². The number of rotatable bonds is 9. The molecule has 2 saturated carbocycles. The number of hydrogen-bond acceptors (Lipinski definition) is 5. The molecule has 0 amide bonds. The Morgan fingerprint density at radius 2 is 2.00 bits per heavy atom. The fourth-order valence-electron chi connectivity index (χ4n) is 3.18. The Kier molecular flexibility index (Phi) is 5.63. The summed E-state index contributed by atoms with van der Waals surface area (Å²) in [5.74, 6) is -0.108. The van der Waals surface area contributed by atoms with E-state index in [4.69, 9.17) is 4.74 Å². The SMILES string of the molecule is CCOC(=O)C(CN(C)CC1(N(C)C)CCC1)NC1CC1. The van der Waals surface area contributed by atoms with Gasteiger partial charge in [0.05, 0.1) is 6.61 Å². The Balaban J connectivity index is 1.87. The van der Waals surface area contributed by atoms with E-state index in [0.29, 0.717) is 18.2 Å². The van der Waals surface area contributed by atoms with Crippen LogP contribution in [0.2, 0.25) is 0 Å². The number of likely N-dealkylation sites (N-methyl/N-ethyl adjacent to an activating group) is 2. The van der Waals surface area contributed by atoms with E-state index in [1.807, 2.05) is 6.92 Å². The molecule has 0 aromatic heterocycles. The highest BCUT2D eigenvalue weighted by Gasteiger charge is 2.40. The van der Waals surface area contributed by atoms with Gasteiger partial charge in [-0.05, 0) is 60.2 Å². The van der Waals surface area contributed by atoms with Crippen LogP contribution in [-0.4, -0.2) is 74.2 Å². The number of ether oxygens (including phenoxy) is 1. The minimum absolute atomic E-state index is 0.108. The van der Waals surface area contributed by atoms with Gasteiger partial charge in [0.1, 0.15) is 6.04 Å². The van der Waals surface area contributed by atoms with Gasteiger partial charge in [0, 0.05) is 24.7 Å². The molecule has 2 fully saturated rings. The molecule has 0 bridgehead atoms. The summed E-state index contributed by atoms with van der Waals surface area (Å²) in [7, 11) is 6.45. The van der Waals surface area contributed by atoms with E-state index in [0.717, 1.165) is 13.1 Å². The molecule has 5 nitrogen and oxygen atoms in total. The number of carbonyl (C=O) groups is 1. The Bertz CT molecular complexity index is 351. The number of esters is 1. The Labute approximate surface area is 129 Å². The fraction of sp³-hybridized carbons (Fsp3) is 0.938. The Morgan fingerprint density at radius 3 is 2.43 bits per heavy atom. The highest BCUT2D eigenvalue weighted by atomic mass is 16.5. The van der Waals surface area contributed by atoms with Crippen molar-refractivity contribution in [3.8, 4) is 0 Å². The number of nitrogens with one attached hydrogen (secondary N) is 1. The zero-order valence-corrected chi connectivity index (χ0v) is 14.0. The summed E-state index contributed by atoms with van der Waals surface area (Å²) in [4.78, 5) is 16.7. The second kappa shape index (κ2) is 7.07. The van der Waals surface area contributed by atoms with Crippen LogP contribution in [0.3, 0.4) is 0 Å². The zero-order chi connectivity index (χ0) is 15.5. The molecule has 0 heterocycles. The predicted octanol–water partition coefficient (Wildman–Crippen LogP) is 1.09. The third-order valence-electron chi connectivity index (χ3n) is 4.88. The molecular weight excluding hydrogens is 266 g/mol. The maximum Gasteiger partial charge on any atom is 0.324 e. The molecule has 1 atom stereocenters. The van der Waals surface area contributed by atoms with E-state index in [-0.39, 0.29) is 12.0 Å². The predicted molar refractivity (Wildman–Crippen MR) is 84.3 cm³/mol. The van der Waals surface area contributed by atoms with Gasteiger partial charge in [0.2, 0.25) is 0 Å². The quantitative estimate of drug-likeness (QED) is 0.645. The van der Waals surface area contributed by atoms with Crippen molar-refractivity contribution in [2.24, 2.45) is 0 Å².